The molecule has 0 unspecified atom stereocenters. The van der Waals surface area contributed by atoms with E-state index in [0.29, 0.717) is 6.54 Å². The van der Waals surface area contributed by atoms with Crippen LogP contribution in [0, 0.1) is 0 Å². The first kappa shape index (κ1) is 11.7. The Labute approximate surface area is 102 Å². The van der Waals surface area contributed by atoms with Crippen LogP contribution in [0.25, 0.3) is 5.70 Å². The molecule has 2 rings (SSSR count). The van der Waals surface area contributed by atoms with Crippen LogP contribution in [-0.2, 0) is 11.3 Å². The summed E-state index contributed by atoms with van der Waals surface area (Å²) in [6, 6.07) is 7.89. The van der Waals surface area contributed by atoms with Gasteiger partial charge in [0.2, 0.25) is 0 Å². The Balaban J connectivity index is 2.18. The van der Waals surface area contributed by atoms with E-state index in [9.17, 15) is 4.79 Å². The summed E-state index contributed by atoms with van der Waals surface area (Å²) >= 11 is 0. The Morgan fingerprint density at radius 1 is 1.35 bits per heavy atom. The molecule has 0 atom stereocenters. The molecule has 1 aliphatic rings. The van der Waals surface area contributed by atoms with Gasteiger partial charge in [-0.2, -0.15) is 0 Å². The molecule has 0 bridgehead atoms. The zero-order valence-corrected chi connectivity index (χ0v) is 10.5. The summed E-state index contributed by atoms with van der Waals surface area (Å²) in [7, 11) is 0. The lowest BCUT2D eigenvalue weighted by Crippen LogP contribution is -2.32. The van der Waals surface area contributed by atoms with Crippen LogP contribution in [0.2, 0.25) is 0 Å². The summed E-state index contributed by atoms with van der Waals surface area (Å²) in [5.74, 6) is 0. The Bertz CT molecular complexity index is 471. The zero-order chi connectivity index (χ0) is 12.6. The maximum absolute atomic E-state index is 12.0. The molecule has 0 radical (unpaired) electrons. The van der Waals surface area contributed by atoms with Crippen LogP contribution in [0.1, 0.15) is 31.9 Å². The molecule has 0 saturated heterocycles. The average molecular weight is 231 g/mol. The second-order valence-corrected chi connectivity index (χ2v) is 5.17. The fraction of sp³-hybridized carbons (Fsp3) is 0.357. The molecule has 0 saturated carbocycles. The van der Waals surface area contributed by atoms with Crippen molar-refractivity contribution in [2.24, 2.45) is 0 Å². The van der Waals surface area contributed by atoms with Crippen LogP contribution in [-0.4, -0.2) is 16.6 Å². The van der Waals surface area contributed by atoms with Crippen molar-refractivity contribution in [1.82, 2.24) is 4.90 Å². The number of fused-ring (bicyclic) bond motifs is 1. The van der Waals surface area contributed by atoms with Crippen LogP contribution in [0.5, 0.6) is 0 Å². The molecule has 0 spiro atoms. The number of nitrogens with zero attached hydrogens (tertiary/aromatic N) is 1. The van der Waals surface area contributed by atoms with Crippen LogP contribution in [0.4, 0.5) is 4.79 Å². The van der Waals surface area contributed by atoms with Crippen molar-refractivity contribution in [2.75, 3.05) is 0 Å². The summed E-state index contributed by atoms with van der Waals surface area (Å²) < 4.78 is 5.35. The third-order valence-electron chi connectivity index (χ3n) is 2.60. The van der Waals surface area contributed by atoms with E-state index in [4.69, 9.17) is 4.74 Å². The summed E-state index contributed by atoms with van der Waals surface area (Å²) in [5.41, 5.74) is 2.38. The van der Waals surface area contributed by atoms with Gasteiger partial charge in [-0.05, 0) is 26.3 Å². The Hall–Kier alpha value is -1.77. The number of benzene rings is 1. The molecule has 0 aliphatic carbocycles. The smallest absolute Gasteiger partial charge is 0.415 e. The Morgan fingerprint density at radius 2 is 2.00 bits per heavy atom. The van der Waals surface area contributed by atoms with Crippen molar-refractivity contribution in [3.63, 3.8) is 0 Å². The second kappa shape index (κ2) is 3.91. The molecule has 1 aromatic rings. The summed E-state index contributed by atoms with van der Waals surface area (Å²) in [6.07, 6.45) is -0.335. The van der Waals surface area contributed by atoms with Gasteiger partial charge in [-0.15, -0.1) is 0 Å². The first-order valence-corrected chi connectivity index (χ1v) is 5.66. The quantitative estimate of drug-likeness (QED) is 0.684. The van der Waals surface area contributed by atoms with Crippen LogP contribution < -0.4 is 0 Å². The normalized spacial score (nSPS) is 14.8. The monoisotopic (exact) mass is 231 g/mol. The van der Waals surface area contributed by atoms with Gasteiger partial charge in [-0.3, -0.25) is 4.90 Å². The average Bonchev–Trinajstić information content (AvgIpc) is 2.55. The molecule has 17 heavy (non-hydrogen) atoms. The van der Waals surface area contributed by atoms with Gasteiger partial charge in [0, 0.05) is 11.3 Å². The minimum Gasteiger partial charge on any atom is -0.443 e. The first-order chi connectivity index (χ1) is 7.88. The predicted molar refractivity (Wildman–Crippen MR) is 67.3 cm³/mol. The van der Waals surface area contributed by atoms with Crippen molar-refractivity contribution in [3.05, 3.63) is 42.0 Å². The van der Waals surface area contributed by atoms with E-state index in [1.54, 1.807) is 4.90 Å². The van der Waals surface area contributed by atoms with Gasteiger partial charge >= 0.3 is 6.09 Å². The molecule has 0 N–H and O–H groups in total. The first-order valence-electron chi connectivity index (χ1n) is 5.66. The van der Waals surface area contributed by atoms with Crippen molar-refractivity contribution in [3.8, 4) is 0 Å². The van der Waals surface area contributed by atoms with E-state index in [1.165, 1.54) is 0 Å². The number of hydrogen-bond acceptors (Lipinski definition) is 2. The molecule has 0 fully saturated rings. The van der Waals surface area contributed by atoms with Crippen molar-refractivity contribution < 1.29 is 9.53 Å². The maximum atomic E-state index is 12.0. The highest BCUT2D eigenvalue weighted by Crippen LogP contribution is 2.32. The largest absolute Gasteiger partial charge is 0.443 e. The fourth-order valence-electron chi connectivity index (χ4n) is 1.84. The minimum atomic E-state index is -0.480. The molecule has 1 heterocycles. The molecule has 90 valence electrons. The predicted octanol–water partition coefficient (Wildman–Crippen LogP) is 3.41. The van der Waals surface area contributed by atoms with Gasteiger partial charge in [0.1, 0.15) is 5.60 Å². The van der Waals surface area contributed by atoms with E-state index < -0.39 is 5.60 Å². The number of amides is 1. The highest BCUT2D eigenvalue weighted by Gasteiger charge is 2.30. The van der Waals surface area contributed by atoms with Gasteiger partial charge in [0.05, 0.1) is 6.54 Å². The summed E-state index contributed by atoms with van der Waals surface area (Å²) in [6.45, 7) is 10.1. The highest BCUT2D eigenvalue weighted by atomic mass is 16.6. The molecule has 3 nitrogen and oxygen atoms in total. The van der Waals surface area contributed by atoms with Gasteiger partial charge in [-0.1, -0.05) is 30.8 Å². The van der Waals surface area contributed by atoms with E-state index in [1.807, 2.05) is 45.0 Å². The number of carbonyl (C=O) groups excluding carboxylic acids is 1. The van der Waals surface area contributed by atoms with Crippen LogP contribution in [0.3, 0.4) is 0 Å². The molecule has 1 amide bonds. The zero-order valence-electron chi connectivity index (χ0n) is 10.5. The number of hydrogen-bond donors (Lipinski definition) is 0. The molecular weight excluding hydrogens is 214 g/mol. The number of carbonyl (C=O) groups is 1. The Kier molecular flexibility index (Phi) is 2.69. The minimum absolute atomic E-state index is 0.335. The Morgan fingerprint density at radius 3 is 2.59 bits per heavy atom. The lowest BCUT2D eigenvalue weighted by atomic mass is 10.1. The van der Waals surface area contributed by atoms with Gasteiger partial charge in [0.15, 0.2) is 0 Å². The van der Waals surface area contributed by atoms with Gasteiger partial charge < -0.3 is 4.74 Å². The molecule has 1 aliphatic heterocycles. The SMILES string of the molecule is C=C1c2ccccc2CN1C(=O)OC(C)(C)C. The van der Waals surface area contributed by atoms with Crippen molar-refractivity contribution in [2.45, 2.75) is 32.9 Å². The molecule has 3 heteroatoms. The lowest BCUT2D eigenvalue weighted by Gasteiger charge is -2.24. The van der Waals surface area contributed by atoms with Crippen LogP contribution >= 0.6 is 0 Å². The van der Waals surface area contributed by atoms with Gasteiger partial charge in [0.25, 0.3) is 0 Å². The second-order valence-electron chi connectivity index (χ2n) is 5.17. The molecular formula is C14H17NO2. The molecule has 1 aromatic carbocycles. The van der Waals surface area contributed by atoms with E-state index in [-0.39, 0.29) is 6.09 Å². The number of rotatable bonds is 0. The third kappa shape index (κ3) is 2.33. The van der Waals surface area contributed by atoms with E-state index in [0.717, 1.165) is 16.8 Å². The topological polar surface area (TPSA) is 29.5 Å². The van der Waals surface area contributed by atoms with Gasteiger partial charge in [-0.25, -0.2) is 4.79 Å². The van der Waals surface area contributed by atoms with Crippen molar-refractivity contribution in [1.29, 1.82) is 0 Å². The molecule has 0 aromatic heterocycles. The fourth-order valence-corrected chi connectivity index (χ4v) is 1.84. The van der Waals surface area contributed by atoms with Crippen LogP contribution in [0.15, 0.2) is 30.8 Å². The summed E-state index contributed by atoms with van der Waals surface area (Å²) in [4.78, 5) is 13.6. The van der Waals surface area contributed by atoms with E-state index >= 15 is 0 Å². The van der Waals surface area contributed by atoms with Crippen molar-refractivity contribution >= 4 is 11.8 Å². The highest BCUT2D eigenvalue weighted by molar-refractivity contribution is 5.85. The standard InChI is InChI=1S/C14H17NO2/c1-10-12-8-6-5-7-11(12)9-15(10)13(16)17-14(2,3)4/h5-8H,1,9H2,2-4H3. The number of ether oxygens (including phenoxy) is 1. The van der Waals surface area contributed by atoms with E-state index in [2.05, 4.69) is 6.58 Å². The maximum Gasteiger partial charge on any atom is 0.415 e. The third-order valence-corrected chi connectivity index (χ3v) is 2.60. The summed E-state index contributed by atoms with van der Waals surface area (Å²) in [5, 5.41) is 0. The lowest BCUT2D eigenvalue weighted by molar-refractivity contribution is 0.0352.